The molecule has 0 heterocycles. The lowest BCUT2D eigenvalue weighted by Gasteiger charge is -2.31. The van der Waals surface area contributed by atoms with Crippen LogP contribution in [0.1, 0.15) is 46.2 Å². The predicted molar refractivity (Wildman–Crippen MR) is 80.9 cm³/mol. The van der Waals surface area contributed by atoms with Crippen molar-refractivity contribution in [1.82, 2.24) is 0 Å². The lowest BCUT2D eigenvalue weighted by Crippen LogP contribution is -2.33. The molecule has 1 aromatic carbocycles. The number of nitrogens with zero attached hydrogens (tertiary/aromatic N) is 1. The van der Waals surface area contributed by atoms with Crippen LogP contribution in [0.5, 0.6) is 0 Å². The molecule has 0 saturated carbocycles. The molecule has 1 rings (SSSR count). The van der Waals surface area contributed by atoms with Gasteiger partial charge in [0.1, 0.15) is 5.82 Å². The second-order valence-electron chi connectivity index (χ2n) is 6.15. The lowest BCUT2D eigenvalue weighted by molar-refractivity contribution is 0.543. The molecule has 0 fully saturated rings. The number of halogens is 1. The average Bonchev–Trinajstić information content (AvgIpc) is 2.25. The van der Waals surface area contributed by atoms with Gasteiger partial charge in [-0.3, -0.25) is 0 Å². The average molecular weight is 266 g/mol. The Bertz CT molecular complexity index is 390. The quantitative estimate of drug-likeness (QED) is 0.844. The number of anilines is 1. The maximum absolute atomic E-state index is 14.0. The third-order valence-electron chi connectivity index (χ3n) is 3.00. The molecule has 0 unspecified atom stereocenters. The highest BCUT2D eigenvalue weighted by Gasteiger charge is 2.18. The fourth-order valence-electron chi connectivity index (χ4n) is 2.40. The van der Waals surface area contributed by atoms with Gasteiger partial charge in [0.05, 0.1) is 0 Å². The third-order valence-corrected chi connectivity index (χ3v) is 3.00. The van der Waals surface area contributed by atoms with Crippen LogP contribution in [-0.4, -0.2) is 13.1 Å². The van der Waals surface area contributed by atoms with Crippen LogP contribution >= 0.6 is 0 Å². The molecule has 0 spiro atoms. The van der Waals surface area contributed by atoms with Gasteiger partial charge in [-0.1, -0.05) is 33.8 Å². The summed E-state index contributed by atoms with van der Waals surface area (Å²) < 4.78 is 14.0. The minimum Gasteiger partial charge on any atom is -0.371 e. The van der Waals surface area contributed by atoms with E-state index in [4.69, 9.17) is 5.73 Å². The van der Waals surface area contributed by atoms with E-state index in [1.165, 1.54) is 6.07 Å². The van der Waals surface area contributed by atoms with Crippen LogP contribution in [0.4, 0.5) is 10.1 Å². The number of benzene rings is 1. The topological polar surface area (TPSA) is 29.3 Å². The highest BCUT2D eigenvalue weighted by molar-refractivity contribution is 5.55. The highest BCUT2D eigenvalue weighted by atomic mass is 19.1. The minimum atomic E-state index is -0.293. The summed E-state index contributed by atoms with van der Waals surface area (Å²) in [5, 5.41) is 0. The molecule has 108 valence electrons. The van der Waals surface area contributed by atoms with Crippen molar-refractivity contribution in [2.24, 2.45) is 17.6 Å². The summed E-state index contributed by atoms with van der Waals surface area (Å²) in [4.78, 5) is 2.26. The summed E-state index contributed by atoms with van der Waals surface area (Å²) in [6.45, 7) is 12.4. The van der Waals surface area contributed by atoms with E-state index in [9.17, 15) is 4.39 Å². The van der Waals surface area contributed by atoms with Gasteiger partial charge in [-0.2, -0.15) is 0 Å². The number of rotatable bonds is 6. The summed E-state index contributed by atoms with van der Waals surface area (Å²) in [6.07, 6.45) is 0. The van der Waals surface area contributed by atoms with Gasteiger partial charge >= 0.3 is 0 Å². The molecule has 2 nitrogen and oxygen atoms in total. The molecular formula is C16H27FN2. The van der Waals surface area contributed by atoms with Gasteiger partial charge in [0.2, 0.25) is 0 Å². The van der Waals surface area contributed by atoms with Gasteiger partial charge in [0.25, 0.3) is 0 Å². The predicted octanol–water partition coefficient (Wildman–Crippen LogP) is 3.96. The maximum Gasteiger partial charge on any atom is 0.130 e. The van der Waals surface area contributed by atoms with E-state index in [2.05, 4.69) is 32.6 Å². The van der Waals surface area contributed by atoms with Gasteiger partial charge in [-0.05, 0) is 30.9 Å². The maximum atomic E-state index is 14.0. The molecule has 19 heavy (non-hydrogen) atoms. The Morgan fingerprint density at radius 1 is 1.05 bits per heavy atom. The summed E-state index contributed by atoms with van der Waals surface area (Å²) >= 11 is 0. The molecule has 0 radical (unpaired) electrons. The fraction of sp³-hybridized carbons (Fsp3) is 0.625. The molecule has 0 aliphatic heterocycles. The zero-order valence-corrected chi connectivity index (χ0v) is 12.8. The largest absolute Gasteiger partial charge is 0.371 e. The van der Waals surface area contributed by atoms with Gasteiger partial charge in [0.15, 0.2) is 0 Å². The van der Waals surface area contributed by atoms with Gasteiger partial charge in [-0.15, -0.1) is 0 Å². The van der Waals surface area contributed by atoms with Crippen molar-refractivity contribution in [3.63, 3.8) is 0 Å². The minimum absolute atomic E-state index is 0.204. The Hall–Kier alpha value is -1.09. The molecule has 0 bridgehead atoms. The van der Waals surface area contributed by atoms with Crippen LogP contribution in [0.3, 0.4) is 0 Å². The third kappa shape index (κ3) is 4.50. The Balaban J connectivity index is 3.17. The molecule has 0 aromatic heterocycles. The first-order valence-electron chi connectivity index (χ1n) is 7.11. The van der Waals surface area contributed by atoms with Crippen LogP contribution in [0.25, 0.3) is 0 Å². The molecular weight excluding hydrogens is 239 g/mol. The second kappa shape index (κ2) is 6.90. The van der Waals surface area contributed by atoms with Crippen LogP contribution < -0.4 is 10.6 Å². The Kier molecular flexibility index (Phi) is 5.80. The standard InChI is InChI=1S/C16H27FN2/c1-11(2)9-19(10-12(3)4)15-8-6-7-14(17)16(15)13(5)18/h6-8,11-13H,9-10,18H2,1-5H3/t13-/m1/s1. The van der Waals surface area contributed by atoms with Crippen molar-refractivity contribution in [2.45, 2.75) is 40.7 Å². The summed E-state index contributed by atoms with van der Waals surface area (Å²) in [5.41, 5.74) is 7.52. The van der Waals surface area contributed by atoms with Crippen molar-refractivity contribution in [3.8, 4) is 0 Å². The van der Waals surface area contributed by atoms with Crippen LogP contribution in [-0.2, 0) is 0 Å². The van der Waals surface area contributed by atoms with Gasteiger partial charge < -0.3 is 10.6 Å². The fourth-order valence-corrected chi connectivity index (χ4v) is 2.40. The van der Waals surface area contributed by atoms with E-state index in [-0.39, 0.29) is 11.9 Å². The first-order chi connectivity index (χ1) is 8.82. The number of nitrogens with two attached hydrogens (primary N) is 1. The molecule has 0 aliphatic rings. The zero-order chi connectivity index (χ0) is 14.6. The summed E-state index contributed by atoms with van der Waals surface area (Å²) in [6, 6.07) is 4.94. The van der Waals surface area contributed by atoms with E-state index < -0.39 is 0 Å². The molecule has 2 N–H and O–H groups in total. The van der Waals surface area contributed by atoms with Gasteiger partial charge in [-0.25, -0.2) is 4.39 Å². The molecule has 0 amide bonds. The van der Waals surface area contributed by atoms with E-state index in [0.29, 0.717) is 17.4 Å². The first-order valence-corrected chi connectivity index (χ1v) is 7.11. The second-order valence-corrected chi connectivity index (χ2v) is 6.15. The molecule has 0 aliphatic carbocycles. The summed E-state index contributed by atoms with van der Waals surface area (Å²) in [5.74, 6) is 0.857. The van der Waals surface area contributed by atoms with Crippen molar-refractivity contribution < 1.29 is 4.39 Å². The number of hydrogen-bond acceptors (Lipinski definition) is 2. The molecule has 3 heteroatoms. The normalized spacial score (nSPS) is 13.1. The smallest absolute Gasteiger partial charge is 0.130 e. The SMILES string of the molecule is CC(C)CN(CC(C)C)c1cccc(F)c1[C@@H](C)N. The van der Waals surface area contributed by atoms with E-state index in [0.717, 1.165) is 18.8 Å². The van der Waals surface area contributed by atoms with Crippen molar-refractivity contribution in [3.05, 3.63) is 29.6 Å². The Morgan fingerprint density at radius 3 is 2.00 bits per heavy atom. The first kappa shape index (κ1) is 16.0. The monoisotopic (exact) mass is 266 g/mol. The van der Waals surface area contributed by atoms with E-state index >= 15 is 0 Å². The van der Waals surface area contributed by atoms with Crippen LogP contribution in [0.2, 0.25) is 0 Å². The Morgan fingerprint density at radius 2 is 1.58 bits per heavy atom. The van der Waals surface area contributed by atoms with Crippen molar-refractivity contribution >= 4 is 5.69 Å². The van der Waals surface area contributed by atoms with Crippen molar-refractivity contribution in [2.75, 3.05) is 18.0 Å². The highest BCUT2D eigenvalue weighted by Crippen LogP contribution is 2.29. The lowest BCUT2D eigenvalue weighted by atomic mass is 10.0. The van der Waals surface area contributed by atoms with Gasteiger partial charge in [0, 0.05) is 30.4 Å². The summed E-state index contributed by atoms with van der Waals surface area (Å²) in [7, 11) is 0. The van der Waals surface area contributed by atoms with E-state index in [1.54, 1.807) is 6.07 Å². The Labute approximate surface area is 116 Å². The molecule has 1 atom stereocenters. The van der Waals surface area contributed by atoms with Crippen molar-refractivity contribution in [1.29, 1.82) is 0 Å². The molecule has 0 saturated heterocycles. The van der Waals surface area contributed by atoms with Crippen LogP contribution in [0, 0.1) is 17.7 Å². The zero-order valence-electron chi connectivity index (χ0n) is 12.8. The molecule has 1 aromatic rings. The van der Waals surface area contributed by atoms with E-state index in [1.807, 2.05) is 13.0 Å². The number of hydrogen-bond donors (Lipinski definition) is 1. The van der Waals surface area contributed by atoms with Crippen LogP contribution in [0.15, 0.2) is 18.2 Å².